The number of hydrogen-bond donors (Lipinski definition) is 1. The number of likely N-dealkylation sites (N-methyl/N-ethyl adjacent to an activating group) is 1. The number of rotatable bonds is 4. The van der Waals surface area contributed by atoms with Gasteiger partial charge in [0, 0.05) is 24.1 Å². The molecule has 1 aromatic carbocycles. The highest BCUT2D eigenvalue weighted by atomic mass is 79.9. The third kappa shape index (κ3) is 2.82. The highest BCUT2D eigenvalue weighted by molar-refractivity contribution is 9.10. The van der Waals surface area contributed by atoms with Crippen molar-refractivity contribution in [2.24, 2.45) is 5.73 Å². The molecule has 0 aliphatic heterocycles. The molecule has 0 spiro atoms. The molecule has 2 N–H and O–H groups in total. The minimum Gasteiger partial charge on any atom is -0.329 e. The van der Waals surface area contributed by atoms with E-state index in [1.165, 1.54) is 11.4 Å². The molecule has 4 nitrogen and oxygen atoms in total. The van der Waals surface area contributed by atoms with Gasteiger partial charge >= 0.3 is 0 Å². The molecule has 1 aromatic rings. The highest BCUT2D eigenvalue weighted by Gasteiger charge is 2.24. The molecular formula is C10H15BrN2O2S. The lowest BCUT2D eigenvalue weighted by Gasteiger charge is -2.22. The van der Waals surface area contributed by atoms with Crippen molar-refractivity contribution >= 4 is 26.0 Å². The molecule has 6 heteroatoms. The maximum Gasteiger partial charge on any atom is 0.243 e. The van der Waals surface area contributed by atoms with Crippen LogP contribution in [-0.2, 0) is 10.0 Å². The standard InChI is InChI=1S/C10H15BrN2O2S/c1-8(7-12)13(2)16(14,15)10-5-3-9(11)4-6-10/h3-6,8H,7,12H2,1-2H3. The van der Waals surface area contributed by atoms with Gasteiger partial charge in [0.15, 0.2) is 0 Å². The van der Waals surface area contributed by atoms with Crippen molar-refractivity contribution in [2.45, 2.75) is 17.9 Å². The fourth-order valence-corrected chi connectivity index (χ4v) is 2.79. The van der Waals surface area contributed by atoms with Gasteiger partial charge in [-0.3, -0.25) is 0 Å². The molecule has 1 rings (SSSR count). The molecule has 0 aromatic heterocycles. The van der Waals surface area contributed by atoms with Crippen molar-refractivity contribution in [1.82, 2.24) is 4.31 Å². The molecule has 1 atom stereocenters. The van der Waals surface area contributed by atoms with E-state index in [1.54, 1.807) is 31.2 Å². The number of hydrogen-bond acceptors (Lipinski definition) is 3. The zero-order chi connectivity index (χ0) is 12.3. The lowest BCUT2D eigenvalue weighted by molar-refractivity contribution is 0.394. The van der Waals surface area contributed by atoms with Crippen molar-refractivity contribution in [3.8, 4) is 0 Å². The predicted octanol–water partition coefficient (Wildman–Crippen LogP) is 1.42. The summed E-state index contributed by atoms with van der Waals surface area (Å²) in [6, 6.07) is 6.33. The Balaban J connectivity index is 3.07. The number of halogens is 1. The van der Waals surface area contributed by atoms with Gasteiger partial charge < -0.3 is 5.73 Å². The SMILES string of the molecule is CC(CN)N(C)S(=O)(=O)c1ccc(Br)cc1. The van der Waals surface area contributed by atoms with Gasteiger partial charge in [-0.15, -0.1) is 0 Å². The van der Waals surface area contributed by atoms with Gasteiger partial charge in [-0.05, 0) is 31.2 Å². The van der Waals surface area contributed by atoms with Crippen LogP contribution in [0, 0.1) is 0 Å². The van der Waals surface area contributed by atoms with E-state index in [9.17, 15) is 8.42 Å². The Kier molecular flexibility index (Phi) is 4.49. The lowest BCUT2D eigenvalue weighted by atomic mass is 10.4. The van der Waals surface area contributed by atoms with Crippen LogP contribution in [0.5, 0.6) is 0 Å². The molecule has 0 saturated carbocycles. The van der Waals surface area contributed by atoms with E-state index in [1.807, 2.05) is 0 Å². The van der Waals surface area contributed by atoms with Crippen LogP contribution in [-0.4, -0.2) is 32.4 Å². The molecule has 0 aliphatic rings. The van der Waals surface area contributed by atoms with E-state index in [2.05, 4.69) is 15.9 Å². The fraction of sp³-hybridized carbons (Fsp3) is 0.400. The lowest BCUT2D eigenvalue weighted by Crippen LogP contribution is -2.39. The van der Waals surface area contributed by atoms with Crippen LogP contribution in [0.4, 0.5) is 0 Å². The topological polar surface area (TPSA) is 63.4 Å². The number of benzene rings is 1. The molecule has 0 saturated heterocycles. The summed E-state index contributed by atoms with van der Waals surface area (Å²) in [7, 11) is -1.90. The Morgan fingerprint density at radius 2 is 1.88 bits per heavy atom. The molecule has 0 amide bonds. The molecule has 16 heavy (non-hydrogen) atoms. The van der Waals surface area contributed by atoms with Crippen LogP contribution in [0.15, 0.2) is 33.6 Å². The van der Waals surface area contributed by atoms with Gasteiger partial charge in [0.25, 0.3) is 0 Å². The first-order chi connectivity index (χ1) is 7.39. The van der Waals surface area contributed by atoms with Gasteiger partial charge in [0.1, 0.15) is 0 Å². The summed E-state index contributed by atoms with van der Waals surface area (Å²) in [5.41, 5.74) is 5.46. The van der Waals surface area contributed by atoms with E-state index in [-0.39, 0.29) is 10.9 Å². The molecule has 0 aliphatic carbocycles. The normalized spacial score (nSPS) is 14.1. The summed E-state index contributed by atoms with van der Waals surface area (Å²) in [5, 5.41) is 0. The second-order valence-corrected chi connectivity index (χ2v) is 6.47. The first kappa shape index (κ1) is 13.6. The maximum absolute atomic E-state index is 12.1. The van der Waals surface area contributed by atoms with Gasteiger partial charge in [-0.25, -0.2) is 8.42 Å². The Morgan fingerprint density at radius 1 is 1.38 bits per heavy atom. The van der Waals surface area contributed by atoms with Crippen LogP contribution in [0.1, 0.15) is 6.92 Å². The average molecular weight is 307 g/mol. The molecule has 0 bridgehead atoms. The molecule has 0 radical (unpaired) electrons. The minimum atomic E-state index is -3.43. The Morgan fingerprint density at radius 3 is 2.31 bits per heavy atom. The second kappa shape index (κ2) is 5.27. The molecule has 1 unspecified atom stereocenters. The van der Waals surface area contributed by atoms with Crippen LogP contribution < -0.4 is 5.73 Å². The molecule has 90 valence electrons. The monoisotopic (exact) mass is 306 g/mol. The van der Waals surface area contributed by atoms with Crippen molar-refractivity contribution in [3.63, 3.8) is 0 Å². The molecule has 0 heterocycles. The third-order valence-electron chi connectivity index (χ3n) is 2.45. The van der Waals surface area contributed by atoms with E-state index >= 15 is 0 Å². The van der Waals surface area contributed by atoms with E-state index in [0.29, 0.717) is 6.54 Å². The van der Waals surface area contributed by atoms with Crippen molar-refractivity contribution in [3.05, 3.63) is 28.7 Å². The smallest absolute Gasteiger partial charge is 0.243 e. The zero-order valence-electron chi connectivity index (χ0n) is 9.22. The third-order valence-corrected chi connectivity index (χ3v) is 4.97. The average Bonchev–Trinajstić information content (AvgIpc) is 2.27. The largest absolute Gasteiger partial charge is 0.329 e. The van der Waals surface area contributed by atoms with Gasteiger partial charge in [0.2, 0.25) is 10.0 Å². The Labute approximate surface area is 105 Å². The summed E-state index contributed by atoms with van der Waals surface area (Å²) in [6.07, 6.45) is 0. The van der Waals surface area contributed by atoms with Crippen molar-refractivity contribution < 1.29 is 8.42 Å². The zero-order valence-corrected chi connectivity index (χ0v) is 11.6. The fourth-order valence-electron chi connectivity index (χ4n) is 1.16. The van der Waals surface area contributed by atoms with Crippen LogP contribution >= 0.6 is 15.9 Å². The summed E-state index contributed by atoms with van der Waals surface area (Å²) >= 11 is 3.26. The predicted molar refractivity (Wildman–Crippen MR) is 67.6 cm³/mol. The number of nitrogens with zero attached hydrogens (tertiary/aromatic N) is 1. The van der Waals surface area contributed by atoms with Gasteiger partial charge in [0.05, 0.1) is 4.90 Å². The number of sulfonamides is 1. The quantitative estimate of drug-likeness (QED) is 0.915. The Hall–Kier alpha value is -0.430. The molecular weight excluding hydrogens is 292 g/mol. The van der Waals surface area contributed by atoms with Crippen molar-refractivity contribution in [2.75, 3.05) is 13.6 Å². The van der Waals surface area contributed by atoms with Crippen LogP contribution in [0.25, 0.3) is 0 Å². The second-order valence-electron chi connectivity index (χ2n) is 3.56. The minimum absolute atomic E-state index is 0.214. The maximum atomic E-state index is 12.1. The van der Waals surface area contributed by atoms with E-state index < -0.39 is 10.0 Å². The van der Waals surface area contributed by atoms with E-state index in [4.69, 9.17) is 5.73 Å². The summed E-state index contributed by atoms with van der Waals surface area (Å²) in [4.78, 5) is 0.276. The van der Waals surface area contributed by atoms with Gasteiger partial charge in [-0.2, -0.15) is 4.31 Å². The first-order valence-electron chi connectivity index (χ1n) is 4.83. The van der Waals surface area contributed by atoms with Crippen LogP contribution in [0.2, 0.25) is 0 Å². The number of nitrogens with two attached hydrogens (primary N) is 1. The van der Waals surface area contributed by atoms with E-state index in [0.717, 1.165) is 4.47 Å². The van der Waals surface area contributed by atoms with Crippen LogP contribution in [0.3, 0.4) is 0 Å². The summed E-state index contributed by atoms with van der Waals surface area (Å²) in [6.45, 7) is 2.07. The molecule has 0 fully saturated rings. The summed E-state index contributed by atoms with van der Waals surface area (Å²) < 4.78 is 26.3. The highest BCUT2D eigenvalue weighted by Crippen LogP contribution is 2.18. The van der Waals surface area contributed by atoms with Gasteiger partial charge in [-0.1, -0.05) is 15.9 Å². The Bertz CT molecular complexity index is 444. The first-order valence-corrected chi connectivity index (χ1v) is 7.06. The van der Waals surface area contributed by atoms with Crippen molar-refractivity contribution in [1.29, 1.82) is 0 Å². The summed E-state index contributed by atoms with van der Waals surface area (Å²) in [5.74, 6) is 0.